The molecule has 3 nitrogen and oxygen atoms in total. The Labute approximate surface area is 96.1 Å². The number of unbranched alkanes of at least 4 members (excludes halogenated alkanes) is 5. The molecule has 1 aromatic rings. The van der Waals surface area contributed by atoms with Crippen molar-refractivity contribution >= 4 is 0 Å². The van der Waals surface area contributed by atoms with Gasteiger partial charge in [0.2, 0.25) is 0 Å². The van der Waals surface area contributed by atoms with Crippen molar-refractivity contribution in [1.82, 2.24) is 0 Å². The van der Waals surface area contributed by atoms with Gasteiger partial charge < -0.3 is 9.52 Å². The summed E-state index contributed by atoms with van der Waals surface area (Å²) in [5.74, 6) is 0.581. The van der Waals surface area contributed by atoms with Crippen molar-refractivity contribution in [3.8, 4) is 5.75 Å². The van der Waals surface area contributed by atoms with Crippen LogP contribution in [0.5, 0.6) is 5.75 Å². The largest absolute Gasteiger partial charge is 0.508 e. The van der Waals surface area contributed by atoms with Crippen molar-refractivity contribution in [1.29, 1.82) is 0 Å². The maximum Gasteiger partial charge on any atom is 0.339 e. The van der Waals surface area contributed by atoms with Crippen LogP contribution >= 0.6 is 0 Å². The van der Waals surface area contributed by atoms with Gasteiger partial charge in [-0.3, -0.25) is 0 Å². The number of hydrogen-bond donors (Lipinski definition) is 1. The molecule has 16 heavy (non-hydrogen) atoms. The highest BCUT2D eigenvalue weighted by Crippen LogP contribution is 2.12. The summed E-state index contributed by atoms with van der Waals surface area (Å²) in [6, 6.07) is 2.61. The first-order valence-corrected chi connectivity index (χ1v) is 6.05. The van der Waals surface area contributed by atoms with Gasteiger partial charge in [-0.1, -0.05) is 39.0 Å². The number of rotatable bonds is 7. The van der Waals surface area contributed by atoms with Gasteiger partial charge in [-0.2, -0.15) is 0 Å². The van der Waals surface area contributed by atoms with Crippen LogP contribution in [0.25, 0.3) is 0 Å². The molecule has 1 aromatic heterocycles. The fraction of sp³-hybridized carbons (Fsp3) is 0.615. The van der Waals surface area contributed by atoms with E-state index in [1.54, 1.807) is 0 Å². The number of aromatic hydroxyl groups is 1. The monoisotopic (exact) mass is 224 g/mol. The molecule has 0 fully saturated rings. The van der Waals surface area contributed by atoms with Gasteiger partial charge in [0, 0.05) is 12.5 Å². The minimum absolute atomic E-state index is 0.00256. The molecule has 0 bridgehead atoms. The van der Waals surface area contributed by atoms with E-state index in [1.807, 2.05) is 0 Å². The van der Waals surface area contributed by atoms with Crippen LogP contribution in [0.1, 0.15) is 51.2 Å². The Hall–Kier alpha value is -1.25. The minimum atomic E-state index is -0.471. The Kier molecular flexibility index (Phi) is 5.68. The number of hydrogen-bond acceptors (Lipinski definition) is 3. The molecule has 0 saturated heterocycles. The molecule has 0 aromatic carbocycles. The normalized spacial score (nSPS) is 10.6. The standard InChI is InChI=1S/C13H20O3/c1-2-3-4-5-6-7-8-12-9-11(14)10-13(15)16-12/h9-10,14H,2-8H2,1H3. The molecule has 90 valence electrons. The summed E-state index contributed by atoms with van der Waals surface area (Å²) in [6.07, 6.45) is 7.95. The number of aryl methyl sites for hydroxylation is 1. The molecule has 0 atom stereocenters. The lowest BCUT2D eigenvalue weighted by Crippen LogP contribution is -1.98. The second-order valence-electron chi connectivity index (χ2n) is 4.12. The molecule has 1 N–H and O–H groups in total. The van der Waals surface area contributed by atoms with Gasteiger partial charge in [0.1, 0.15) is 11.5 Å². The Morgan fingerprint density at radius 3 is 2.50 bits per heavy atom. The van der Waals surface area contributed by atoms with Crippen molar-refractivity contribution < 1.29 is 9.52 Å². The predicted octanol–water partition coefficient (Wildman–Crippen LogP) is 3.25. The van der Waals surface area contributed by atoms with Gasteiger partial charge in [0.05, 0.1) is 6.07 Å². The van der Waals surface area contributed by atoms with E-state index >= 15 is 0 Å². The molecule has 0 radical (unpaired) electrons. The Morgan fingerprint density at radius 1 is 1.12 bits per heavy atom. The summed E-state index contributed by atoms with van der Waals surface area (Å²) in [5, 5.41) is 9.21. The van der Waals surface area contributed by atoms with Crippen molar-refractivity contribution in [3.63, 3.8) is 0 Å². The summed E-state index contributed by atoms with van der Waals surface area (Å²) >= 11 is 0. The Bertz CT molecular complexity index is 354. The molecular formula is C13H20O3. The third-order valence-electron chi connectivity index (χ3n) is 2.58. The average Bonchev–Trinajstić information content (AvgIpc) is 2.22. The molecule has 0 aliphatic rings. The second-order valence-corrected chi connectivity index (χ2v) is 4.12. The molecule has 1 heterocycles. The van der Waals surface area contributed by atoms with Crippen LogP contribution in [0.15, 0.2) is 21.3 Å². The lowest BCUT2D eigenvalue weighted by atomic mass is 10.1. The van der Waals surface area contributed by atoms with E-state index in [1.165, 1.54) is 31.7 Å². The summed E-state index contributed by atoms with van der Waals surface area (Å²) < 4.78 is 4.97. The van der Waals surface area contributed by atoms with Gasteiger partial charge in [-0.15, -0.1) is 0 Å². The van der Waals surface area contributed by atoms with Crippen molar-refractivity contribution in [3.05, 3.63) is 28.3 Å². The molecular weight excluding hydrogens is 204 g/mol. The van der Waals surface area contributed by atoms with E-state index in [0.29, 0.717) is 5.76 Å². The van der Waals surface area contributed by atoms with Crippen molar-refractivity contribution in [2.45, 2.75) is 51.9 Å². The van der Waals surface area contributed by atoms with E-state index in [4.69, 9.17) is 4.42 Å². The Balaban J connectivity index is 2.24. The molecule has 0 amide bonds. The third-order valence-corrected chi connectivity index (χ3v) is 2.58. The molecule has 0 unspecified atom stereocenters. The zero-order chi connectivity index (χ0) is 11.8. The lowest BCUT2D eigenvalue weighted by Gasteiger charge is -2.01. The van der Waals surface area contributed by atoms with E-state index in [2.05, 4.69) is 6.92 Å². The summed E-state index contributed by atoms with van der Waals surface area (Å²) in [5.41, 5.74) is -0.471. The smallest absolute Gasteiger partial charge is 0.339 e. The van der Waals surface area contributed by atoms with E-state index in [9.17, 15) is 9.90 Å². The molecule has 1 rings (SSSR count). The quantitative estimate of drug-likeness (QED) is 0.723. The first-order chi connectivity index (χ1) is 7.72. The first-order valence-electron chi connectivity index (χ1n) is 6.05. The van der Waals surface area contributed by atoms with Crippen molar-refractivity contribution in [2.75, 3.05) is 0 Å². The van der Waals surface area contributed by atoms with Gasteiger partial charge in [0.15, 0.2) is 0 Å². The highest BCUT2D eigenvalue weighted by atomic mass is 16.4. The zero-order valence-electron chi connectivity index (χ0n) is 9.87. The van der Waals surface area contributed by atoms with Crippen LogP contribution in [0.3, 0.4) is 0 Å². The van der Waals surface area contributed by atoms with Gasteiger partial charge in [-0.05, 0) is 6.42 Å². The molecule has 0 saturated carbocycles. The molecule has 3 heteroatoms. The fourth-order valence-electron chi connectivity index (χ4n) is 1.72. The van der Waals surface area contributed by atoms with Crippen LogP contribution in [0, 0.1) is 0 Å². The summed E-state index contributed by atoms with van der Waals surface area (Å²) in [4.78, 5) is 11.0. The maximum atomic E-state index is 11.0. The second kappa shape index (κ2) is 7.09. The van der Waals surface area contributed by atoms with Crippen molar-refractivity contribution in [2.24, 2.45) is 0 Å². The predicted molar refractivity (Wildman–Crippen MR) is 63.7 cm³/mol. The molecule has 0 aliphatic carbocycles. The summed E-state index contributed by atoms with van der Waals surface area (Å²) in [7, 11) is 0. The highest BCUT2D eigenvalue weighted by Gasteiger charge is 2.00. The van der Waals surface area contributed by atoms with Gasteiger partial charge >= 0.3 is 5.63 Å². The van der Waals surface area contributed by atoms with E-state index < -0.39 is 5.63 Å². The van der Waals surface area contributed by atoms with Crippen LogP contribution in [-0.2, 0) is 6.42 Å². The maximum absolute atomic E-state index is 11.0. The van der Waals surface area contributed by atoms with Gasteiger partial charge in [0.25, 0.3) is 0 Å². The highest BCUT2D eigenvalue weighted by molar-refractivity contribution is 5.18. The van der Waals surface area contributed by atoms with Gasteiger partial charge in [-0.25, -0.2) is 4.79 Å². The molecule has 0 aliphatic heterocycles. The lowest BCUT2D eigenvalue weighted by molar-refractivity contribution is 0.418. The van der Waals surface area contributed by atoms with E-state index in [0.717, 1.165) is 25.3 Å². The SMILES string of the molecule is CCCCCCCCc1cc(O)cc(=O)o1. The minimum Gasteiger partial charge on any atom is -0.508 e. The van der Waals surface area contributed by atoms with Crippen LogP contribution < -0.4 is 5.63 Å². The topological polar surface area (TPSA) is 50.4 Å². The van der Waals surface area contributed by atoms with Crippen LogP contribution in [0.4, 0.5) is 0 Å². The third kappa shape index (κ3) is 5.01. The zero-order valence-corrected chi connectivity index (χ0v) is 9.87. The first kappa shape index (κ1) is 12.8. The molecule has 0 spiro atoms. The van der Waals surface area contributed by atoms with Crippen LogP contribution in [-0.4, -0.2) is 5.11 Å². The fourth-order valence-corrected chi connectivity index (χ4v) is 1.72. The van der Waals surface area contributed by atoms with Crippen LogP contribution in [0.2, 0.25) is 0 Å². The summed E-state index contributed by atoms with van der Waals surface area (Å²) in [6.45, 7) is 2.20. The van der Waals surface area contributed by atoms with E-state index in [-0.39, 0.29) is 5.75 Å². The average molecular weight is 224 g/mol. The Morgan fingerprint density at radius 2 is 1.81 bits per heavy atom.